The van der Waals surface area contributed by atoms with Gasteiger partial charge in [-0.2, -0.15) is 0 Å². The molecule has 4 aromatic heterocycles. The van der Waals surface area contributed by atoms with Crippen LogP contribution in [0.3, 0.4) is 0 Å². The van der Waals surface area contributed by atoms with Gasteiger partial charge in [0.25, 0.3) is 0 Å². The molecule has 0 radical (unpaired) electrons. The van der Waals surface area contributed by atoms with Crippen LogP contribution in [0.4, 0.5) is 0 Å². The maximum Gasteiger partial charge on any atom is 0.494 e. The second-order valence-corrected chi connectivity index (χ2v) is 28.6. The van der Waals surface area contributed by atoms with E-state index in [1.807, 2.05) is 72.8 Å². The van der Waals surface area contributed by atoms with E-state index in [1.54, 1.807) is 12.1 Å². The fourth-order valence-electron chi connectivity index (χ4n) is 14.7. The zero-order chi connectivity index (χ0) is 72.8. The Morgan fingerprint density at radius 1 is 0.368 bits per heavy atom. The van der Waals surface area contributed by atoms with Crippen LogP contribution in [0, 0.1) is 5.41 Å². The van der Waals surface area contributed by atoms with Crippen LogP contribution in [0.1, 0.15) is 65.6 Å². The number of aromatic nitrogens is 4. The molecule has 18 heteroatoms. The summed E-state index contributed by atoms with van der Waals surface area (Å²) < 4.78 is 11.6. The predicted molar refractivity (Wildman–Crippen MR) is 441 cm³/mol. The molecule has 530 valence electrons. The van der Waals surface area contributed by atoms with Crippen LogP contribution in [0.5, 0.6) is 0 Å². The summed E-state index contributed by atoms with van der Waals surface area (Å²) in [6.45, 7) is 13.1. The number of pyridine rings is 4. The summed E-state index contributed by atoms with van der Waals surface area (Å²) >= 11 is 3.49. The molecular formula is C88H86B3BrN8O6. The van der Waals surface area contributed by atoms with Gasteiger partial charge in [-0.15, -0.1) is 0 Å². The van der Waals surface area contributed by atoms with E-state index in [4.69, 9.17) is 29.2 Å². The van der Waals surface area contributed by atoms with E-state index < -0.39 is 14.2 Å². The highest BCUT2D eigenvalue weighted by Gasteiger charge is 2.34. The largest absolute Gasteiger partial charge is 0.494 e. The molecule has 0 bridgehead atoms. The Bertz CT molecular complexity index is 5020. The van der Waals surface area contributed by atoms with Gasteiger partial charge in [0.2, 0.25) is 0 Å². The highest BCUT2D eigenvalue weighted by Crippen LogP contribution is 2.32. The van der Waals surface area contributed by atoms with E-state index >= 15 is 0 Å². The third kappa shape index (κ3) is 17.4. The van der Waals surface area contributed by atoms with Crippen molar-refractivity contribution in [1.82, 2.24) is 40.4 Å². The van der Waals surface area contributed by atoms with Crippen molar-refractivity contribution in [2.45, 2.75) is 71.3 Å². The van der Waals surface area contributed by atoms with Crippen molar-refractivity contribution < 1.29 is 29.4 Å². The van der Waals surface area contributed by atoms with Crippen molar-refractivity contribution in [3.8, 4) is 0 Å². The number of halogens is 1. The molecule has 5 heterocycles. The van der Waals surface area contributed by atoms with Crippen LogP contribution in [0.25, 0.3) is 87.2 Å². The number of para-hydroxylation sites is 8. The maximum atomic E-state index is 10.3. The third-order valence-electron chi connectivity index (χ3n) is 20.0. The molecular weight excluding hydrogens is 1380 g/mol. The van der Waals surface area contributed by atoms with Gasteiger partial charge in [-0.3, -0.25) is 9.80 Å². The van der Waals surface area contributed by atoms with Crippen LogP contribution >= 0.6 is 15.9 Å². The van der Waals surface area contributed by atoms with Gasteiger partial charge >= 0.3 is 21.4 Å². The van der Waals surface area contributed by atoms with E-state index in [-0.39, 0.29) is 12.5 Å². The molecule has 0 aliphatic carbocycles. The molecule has 16 rings (SSSR count). The minimum atomic E-state index is -1.58. The Hall–Kier alpha value is -9.63. The van der Waals surface area contributed by atoms with E-state index in [9.17, 15) is 20.1 Å². The molecule has 14 nitrogen and oxygen atoms in total. The van der Waals surface area contributed by atoms with Crippen LogP contribution in [0.15, 0.2) is 267 Å². The van der Waals surface area contributed by atoms with Gasteiger partial charge in [-0.1, -0.05) is 248 Å². The summed E-state index contributed by atoms with van der Waals surface area (Å²) in [4.78, 5) is 24.4. The lowest BCUT2D eigenvalue weighted by molar-refractivity contribution is 0.0342. The summed E-state index contributed by atoms with van der Waals surface area (Å²) in [6, 6.07) is 90.0. The molecule has 0 amide bonds. The van der Waals surface area contributed by atoms with Gasteiger partial charge < -0.3 is 40.0 Å². The first kappa shape index (κ1) is 73.3. The highest BCUT2D eigenvalue weighted by atomic mass is 79.9. The van der Waals surface area contributed by atoms with Crippen molar-refractivity contribution in [3.05, 3.63) is 306 Å². The minimum Gasteiger partial charge on any atom is -0.423 e. The van der Waals surface area contributed by atoms with E-state index in [0.717, 1.165) is 140 Å². The Kier molecular flexibility index (Phi) is 24.0. The maximum absolute atomic E-state index is 10.3. The quantitative estimate of drug-likeness (QED) is 0.0145. The number of benzene rings is 11. The predicted octanol–water partition coefficient (Wildman–Crippen LogP) is 14.3. The van der Waals surface area contributed by atoms with Gasteiger partial charge in [-0.25, -0.2) is 19.9 Å². The van der Waals surface area contributed by atoms with Crippen LogP contribution in [-0.2, 0) is 53.9 Å². The molecule has 0 spiro atoms. The average molecular weight is 1460 g/mol. The second-order valence-electron chi connectivity index (χ2n) is 28.1. The fourth-order valence-corrected chi connectivity index (χ4v) is 15.2. The van der Waals surface area contributed by atoms with Crippen LogP contribution in [-0.4, -0.2) is 111 Å². The normalized spacial score (nSPS) is 12.9. The zero-order valence-electron chi connectivity index (χ0n) is 59.9. The molecule has 11 aromatic carbocycles. The Balaban J connectivity index is 0.000000156. The molecule has 6 N–H and O–H groups in total. The number of nitrogens with zero attached hydrogens (tertiary/aromatic N) is 6. The van der Waals surface area contributed by atoms with Gasteiger partial charge in [0.1, 0.15) is 0 Å². The average Bonchev–Trinajstić information content (AvgIpc) is 0.783. The number of rotatable bonds is 24. The summed E-state index contributed by atoms with van der Waals surface area (Å²) in [6.07, 6.45) is 1.84. The lowest BCUT2D eigenvalue weighted by atomic mass is 9.74. The molecule has 1 aliphatic heterocycles. The van der Waals surface area contributed by atoms with E-state index in [0.29, 0.717) is 50.2 Å². The van der Waals surface area contributed by atoms with Crippen LogP contribution in [0.2, 0.25) is 0 Å². The van der Waals surface area contributed by atoms with Crippen molar-refractivity contribution in [2.24, 2.45) is 5.41 Å². The Morgan fingerprint density at radius 3 is 0.972 bits per heavy atom. The fraction of sp³-hybridized carbons (Fsp3) is 0.205. The lowest BCUT2D eigenvalue weighted by Crippen LogP contribution is -2.48. The molecule has 15 aromatic rings. The van der Waals surface area contributed by atoms with E-state index in [1.165, 1.54) is 49.4 Å². The molecule has 0 saturated carbocycles. The zero-order valence-corrected chi connectivity index (χ0v) is 61.5. The Labute approximate surface area is 628 Å². The van der Waals surface area contributed by atoms with Crippen molar-refractivity contribution in [3.63, 3.8) is 0 Å². The molecule has 0 atom stereocenters. The van der Waals surface area contributed by atoms with Crippen molar-refractivity contribution >= 4 is 141 Å². The first-order chi connectivity index (χ1) is 51.9. The van der Waals surface area contributed by atoms with Crippen molar-refractivity contribution in [2.75, 3.05) is 39.4 Å². The molecule has 1 saturated heterocycles. The first-order valence-electron chi connectivity index (χ1n) is 36.6. The standard InChI is InChI=1S/C45H42B2N4O4.C31H28N4.C12H16BBrO2/c52-46(53)40-20-7-1-14-32(40)28-50(30-38-34-16-3-9-22-42(34)48-43-23-10-4-17-35(38)43)26-13-27-51(29-33-15-2-8-21-41(33)47(54)55)31-39-36-18-5-11-24-44(36)49-45-25-12-6-19-37(39)45;1-5-14-28-22(10-1)26(23-11-2-6-15-29(23)34-28)20-32-18-9-19-33-21-27-24-12-3-7-16-30(24)35-31-17-8-4-13-25(27)31;1-12(2)8-15-13(16-9-12)11-6-4-3-5-10(11)7-14/h1-12,14-25,52-55H,13,26-31H2;1-8,10-17,32-33H,9,18-21H2;3-6H,7-9H2,1-2H3. The van der Waals surface area contributed by atoms with Crippen molar-refractivity contribution in [1.29, 1.82) is 0 Å². The molecule has 106 heavy (non-hydrogen) atoms. The van der Waals surface area contributed by atoms with Gasteiger partial charge in [-0.05, 0) is 130 Å². The number of fused-ring (bicyclic) bond motifs is 8. The third-order valence-corrected chi connectivity index (χ3v) is 20.6. The summed E-state index contributed by atoms with van der Waals surface area (Å²) in [5, 5.41) is 58.7. The lowest BCUT2D eigenvalue weighted by Gasteiger charge is -2.33. The molecule has 0 unspecified atom stereocenters. The van der Waals surface area contributed by atoms with E-state index in [2.05, 4.69) is 232 Å². The molecule has 1 aliphatic rings. The summed E-state index contributed by atoms with van der Waals surface area (Å²) in [7, 11) is -3.37. The summed E-state index contributed by atoms with van der Waals surface area (Å²) in [5.74, 6) is 0. The second kappa shape index (κ2) is 34.7. The number of nitrogens with one attached hydrogen (secondary N) is 2. The smallest absolute Gasteiger partial charge is 0.423 e. The Morgan fingerprint density at radius 2 is 0.651 bits per heavy atom. The minimum absolute atomic E-state index is 0.125. The summed E-state index contributed by atoms with van der Waals surface area (Å²) in [5.41, 5.74) is 18.2. The first-order valence-corrected chi connectivity index (χ1v) is 37.7. The van der Waals surface area contributed by atoms with Gasteiger partial charge in [0, 0.05) is 119 Å². The van der Waals surface area contributed by atoms with Gasteiger partial charge in [0.15, 0.2) is 0 Å². The highest BCUT2D eigenvalue weighted by molar-refractivity contribution is 9.08. The topological polar surface area (TPSA) is 181 Å². The number of alkyl halides is 1. The number of hydrogen-bond acceptors (Lipinski definition) is 14. The SMILES string of the molecule is CC1(C)COB(c2ccccc2CBr)OC1.OB(O)c1ccccc1CN(CCCN(Cc1ccccc1B(O)O)Cc1c2ccccc2nc2ccccc12)Cc1c2ccccc2nc2ccccc12.c1ccc2c(CNCCCNCc3c4ccccc4nc4ccccc34)c3ccccc3nc2c1. The van der Waals surface area contributed by atoms with Gasteiger partial charge in [0.05, 0.1) is 44.1 Å². The monoisotopic (exact) mass is 1460 g/mol. The van der Waals surface area contributed by atoms with Crippen LogP contribution < -0.4 is 27.0 Å². The number of hydrogen-bond donors (Lipinski definition) is 6. The molecule has 1 fully saturated rings.